The first-order chi connectivity index (χ1) is 6.61. The SMILES string of the molecule is CC(=O)OC(N)C(=O)c1ccccn1. The van der Waals surface area contributed by atoms with Crippen molar-refractivity contribution < 1.29 is 14.3 Å². The summed E-state index contributed by atoms with van der Waals surface area (Å²) in [4.78, 5) is 25.7. The van der Waals surface area contributed by atoms with E-state index in [0.29, 0.717) is 0 Å². The van der Waals surface area contributed by atoms with Gasteiger partial charge in [-0.2, -0.15) is 0 Å². The first-order valence-corrected chi connectivity index (χ1v) is 3.99. The van der Waals surface area contributed by atoms with Crippen molar-refractivity contribution in [3.05, 3.63) is 30.1 Å². The highest BCUT2D eigenvalue weighted by Gasteiger charge is 2.18. The number of nitrogens with zero attached hydrogens (tertiary/aromatic N) is 1. The predicted molar refractivity (Wildman–Crippen MR) is 48.3 cm³/mol. The molecule has 0 aromatic carbocycles. The van der Waals surface area contributed by atoms with Gasteiger partial charge < -0.3 is 4.74 Å². The normalized spacial score (nSPS) is 11.9. The van der Waals surface area contributed by atoms with E-state index in [4.69, 9.17) is 5.73 Å². The first-order valence-electron chi connectivity index (χ1n) is 3.99. The van der Waals surface area contributed by atoms with Crippen molar-refractivity contribution in [3.63, 3.8) is 0 Å². The molecule has 0 radical (unpaired) electrons. The van der Waals surface area contributed by atoms with Crippen LogP contribution in [0.5, 0.6) is 0 Å². The zero-order valence-electron chi connectivity index (χ0n) is 7.64. The van der Waals surface area contributed by atoms with Gasteiger partial charge in [0.1, 0.15) is 5.69 Å². The maximum absolute atomic E-state index is 11.4. The van der Waals surface area contributed by atoms with Crippen LogP contribution in [0.15, 0.2) is 24.4 Å². The molecule has 1 aromatic heterocycles. The Morgan fingerprint density at radius 3 is 2.71 bits per heavy atom. The van der Waals surface area contributed by atoms with Crippen LogP contribution in [-0.4, -0.2) is 23.0 Å². The van der Waals surface area contributed by atoms with Crippen LogP contribution >= 0.6 is 0 Å². The smallest absolute Gasteiger partial charge is 0.304 e. The summed E-state index contributed by atoms with van der Waals surface area (Å²) < 4.78 is 4.52. The third-order valence-corrected chi connectivity index (χ3v) is 1.47. The maximum Gasteiger partial charge on any atom is 0.304 e. The Balaban J connectivity index is 2.71. The van der Waals surface area contributed by atoms with E-state index in [2.05, 4.69) is 9.72 Å². The van der Waals surface area contributed by atoms with Gasteiger partial charge in [0.2, 0.25) is 12.0 Å². The molecule has 1 aromatic rings. The zero-order valence-corrected chi connectivity index (χ0v) is 7.64. The van der Waals surface area contributed by atoms with Gasteiger partial charge in [0.15, 0.2) is 0 Å². The molecule has 1 unspecified atom stereocenters. The molecule has 0 fully saturated rings. The van der Waals surface area contributed by atoms with Crippen LogP contribution in [0.2, 0.25) is 0 Å². The molecular weight excluding hydrogens is 184 g/mol. The van der Waals surface area contributed by atoms with Crippen LogP contribution in [0.1, 0.15) is 17.4 Å². The number of hydrogen-bond acceptors (Lipinski definition) is 5. The molecule has 0 saturated heterocycles. The fourth-order valence-electron chi connectivity index (χ4n) is 0.887. The van der Waals surface area contributed by atoms with E-state index < -0.39 is 18.0 Å². The Bertz CT molecular complexity index is 337. The fourth-order valence-corrected chi connectivity index (χ4v) is 0.887. The quantitative estimate of drug-likeness (QED) is 0.419. The van der Waals surface area contributed by atoms with Crippen molar-refractivity contribution in [3.8, 4) is 0 Å². The molecule has 0 amide bonds. The largest absolute Gasteiger partial charge is 0.439 e. The topological polar surface area (TPSA) is 82.3 Å². The van der Waals surface area contributed by atoms with Crippen LogP contribution in [-0.2, 0) is 9.53 Å². The number of carbonyl (C=O) groups is 2. The van der Waals surface area contributed by atoms with Crippen LogP contribution in [0.4, 0.5) is 0 Å². The van der Waals surface area contributed by atoms with E-state index in [9.17, 15) is 9.59 Å². The minimum absolute atomic E-state index is 0.182. The lowest BCUT2D eigenvalue weighted by Crippen LogP contribution is -2.35. The molecule has 0 spiro atoms. The Hall–Kier alpha value is -1.75. The van der Waals surface area contributed by atoms with Gasteiger partial charge in [-0.05, 0) is 12.1 Å². The number of carbonyl (C=O) groups excluding carboxylic acids is 2. The number of ether oxygens (including phenoxy) is 1. The van der Waals surface area contributed by atoms with Gasteiger partial charge in [0.05, 0.1) is 0 Å². The number of Topliss-reactive ketones (excluding diaryl/α,β-unsaturated/α-hetero) is 1. The molecule has 5 nitrogen and oxygen atoms in total. The predicted octanol–water partition coefficient (Wildman–Crippen LogP) is 0.112. The average Bonchev–Trinajstić information content (AvgIpc) is 2.17. The molecule has 14 heavy (non-hydrogen) atoms. The van der Waals surface area contributed by atoms with Gasteiger partial charge in [0.25, 0.3) is 0 Å². The number of pyridine rings is 1. The number of ketones is 1. The van der Waals surface area contributed by atoms with Crippen molar-refractivity contribution in [2.24, 2.45) is 5.73 Å². The summed E-state index contributed by atoms with van der Waals surface area (Å²) in [5.41, 5.74) is 5.50. The Morgan fingerprint density at radius 1 is 1.50 bits per heavy atom. The summed E-state index contributed by atoms with van der Waals surface area (Å²) in [6.07, 6.45) is 0.190. The minimum atomic E-state index is -1.28. The molecule has 74 valence electrons. The first kappa shape index (κ1) is 10.3. The molecule has 1 atom stereocenters. The standard InChI is InChI=1S/C9H10N2O3/c1-6(12)14-9(10)8(13)7-4-2-3-5-11-7/h2-5,9H,10H2,1H3. The molecule has 0 aliphatic carbocycles. The second kappa shape index (κ2) is 4.48. The van der Waals surface area contributed by atoms with E-state index in [1.807, 2.05) is 0 Å². The molecule has 0 aliphatic rings. The summed E-state index contributed by atoms with van der Waals surface area (Å²) in [5.74, 6) is -1.11. The lowest BCUT2D eigenvalue weighted by molar-refractivity contribution is -0.144. The molecule has 1 rings (SSSR count). The van der Waals surface area contributed by atoms with Gasteiger partial charge in [-0.15, -0.1) is 0 Å². The van der Waals surface area contributed by atoms with E-state index >= 15 is 0 Å². The second-order valence-corrected chi connectivity index (χ2v) is 2.61. The minimum Gasteiger partial charge on any atom is -0.439 e. The van der Waals surface area contributed by atoms with Crippen molar-refractivity contribution in [2.75, 3.05) is 0 Å². The third kappa shape index (κ3) is 2.63. The summed E-state index contributed by atoms with van der Waals surface area (Å²) >= 11 is 0. The van der Waals surface area contributed by atoms with Gasteiger partial charge in [0, 0.05) is 13.1 Å². The van der Waals surface area contributed by atoms with Gasteiger partial charge in [-0.25, -0.2) is 0 Å². The summed E-state index contributed by atoms with van der Waals surface area (Å²) in [6.45, 7) is 1.19. The summed E-state index contributed by atoms with van der Waals surface area (Å²) in [5, 5.41) is 0. The second-order valence-electron chi connectivity index (χ2n) is 2.61. The highest BCUT2D eigenvalue weighted by Crippen LogP contribution is 1.99. The highest BCUT2D eigenvalue weighted by molar-refractivity contribution is 5.98. The highest BCUT2D eigenvalue weighted by atomic mass is 16.6. The summed E-state index contributed by atoms with van der Waals surface area (Å²) in [6, 6.07) is 4.83. The Morgan fingerprint density at radius 2 is 2.21 bits per heavy atom. The van der Waals surface area contributed by atoms with Crippen molar-refractivity contribution >= 4 is 11.8 Å². The van der Waals surface area contributed by atoms with Crippen molar-refractivity contribution in [1.82, 2.24) is 4.98 Å². The third-order valence-electron chi connectivity index (χ3n) is 1.47. The molecule has 2 N–H and O–H groups in total. The van der Waals surface area contributed by atoms with Crippen LogP contribution in [0, 0.1) is 0 Å². The maximum atomic E-state index is 11.4. The van der Waals surface area contributed by atoms with Gasteiger partial charge in [-0.1, -0.05) is 6.07 Å². The van der Waals surface area contributed by atoms with E-state index in [1.165, 1.54) is 19.2 Å². The van der Waals surface area contributed by atoms with E-state index in [1.54, 1.807) is 12.1 Å². The number of hydrogen-bond donors (Lipinski definition) is 1. The molecule has 5 heteroatoms. The Labute approximate surface area is 80.9 Å². The summed E-state index contributed by atoms with van der Waals surface area (Å²) in [7, 11) is 0. The van der Waals surface area contributed by atoms with E-state index in [-0.39, 0.29) is 5.69 Å². The van der Waals surface area contributed by atoms with Crippen LogP contribution in [0.25, 0.3) is 0 Å². The zero-order chi connectivity index (χ0) is 10.6. The van der Waals surface area contributed by atoms with Crippen LogP contribution in [0.3, 0.4) is 0 Å². The average molecular weight is 194 g/mol. The van der Waals surface area contributed by atoms with Crippen molar-refractivity contribution in [1.29, 1.82) is 0 Å². The molecular formula is C9H10N2O3. The lowest BCUT2D eigenvalue weighted by Gasteiger charge is -2.09. The molecule has 0 aliphatic heterocycles. The number of esters is 1. The lowest BCUT2D eigenvalue weighted by atomic mass is 10.2. The Kier molecular flexibility index (Phi) is 3.30. The number of aromatic nitrogens is 1. The van der Waals surface area contributed by atoms with E-state index in [0.717, 1.165) is 0 Å². The van der Waals surface area contributed by atoms with Crippen molar-refractivity contribution in [2.45, 2.75) is 13.2 Å². The fraction of sp³-hybridized carbons (Fsp3) is 0.222. The molecule has 1 heterocycles. The monoisotopic (exact) mass is 194 g/mol. The number of rotatable bonds is 3. The molecule has 0 saturated carbocycles. The van der Waals surface area contributed by atoms with Gasteiger partial charge >= 0.3 is 5.97 Å². The van der Waals surface area contributed by atoms with Crippen LogP contribution < -0.4 is 5.73 Å². The molecule has 0 bridgehead atoms. The van der Waals surface area contributed by atoms with Gasteiger partial charge in [-0.3, -0.25) is 20.3 Å². The number of nitrogens with two attached hydrogens (primary N) is 1.